The van der Waals surface area contributed by atoms with E-state index in [0.717, 1.165) is 44.5 Å². The van der Waals surface area contributed by atoms with Gasteiger partial charge in [-0.3, -0.25) is 14.4 Å². The number of carboxylic acids is 2. The molecule has 0 unspecified atom stereocenters. The lowest BCUT2D eigenvalue weighted by Crippen LogP contribution is -2.38. The summed E-state index contributed by atoms with van der Waals surface area (Å²) in [7, 11) is 0. The summed E-state index contributed by atoms with van der Waals surface area (Å²) in [6, 6.07) is 11.9. The Bertz CT molecular complexity index is 1160. The number of amides is 1. The van der Waals surface area contributed by atoms with Crippen LogP contribution in [0.3, 0.4) is 0 Å². The molecule has 1 saturated heterocycles. The van der Waals surface area contributed by atoms with Crippen molar-refractivity contribution in [3.8, 4) is 11.5 Å². The number of H-pyrrole nitrogens is 1. The lowest BCUT2D eigenvalue weighted by molar-refractivity contribution is -0.135. The second-order valence-corrected chi connectivity index (χ2v) is 8.51. The molecule has 1 amide bonds. The lowest BCUT2D eigenvalue weighted by Gasteiger charge is -2.31. The first kappa shape index (κ1) is 30.0. The Morgan fingerprint density at radius 2 is 1.63 bits per heavy atom. The summed E-state index contributed by atoms with van der Waals surface area (Å²) in [4.78, 5) is 40.1. The van der Waals surface area contributed by atoms with Crippen LogP contribution in [0, 0.1) is 5.82 Å². The number of nitrogens with two attached hydrogens (primary N) is 1. The number of ether oxygens (including phenoxy) is 1. The molecule has 0 radical (unpaired) electrons. The van der Waals surface area contributed by atoms with Gasteiger partial charge in [-0.15, -0.1) is 0 Å². The van der Waals surface area contributed by atoms with E-state index in [2.05, 4.69) is 9.97 Å². The molecule has 1 aliphatic rings. The molecule has 1 fully saturated rings. The number of aromatic amines is 1. The highest BCUT2D eigenvalue weighted by atomic mass is 19.1. The molecule has 38 heavy (non-hydrogen) atoms. The third kappa shape index (κ3) is 10.0. The van der Waals surface area contributed by atoms with E-state index in [9.17, 15) is 9.18 Å². The van der Waals surface area contributed by atoms with Gasteiger partial charge in [0.2, 0.25) is 0 Å². The number of aromatic nitrogens is 2. The van der Waals surface area contributed by atoms with Gasteiger partial charge in [-0.25, -0.2) is 9.37 Å². The molecule has 2 heterocycles. The third-order valence-electron chi connectivity index (χ3n) is 5.45. The molecule has 1 aromatic heterocycles. The molecule has 0 bridgehead atoms. The second kappa shape index (κ2) is 15.1. The van der Waals surface area contributed by atoms with E-state index in [0.29, 0.717) is 37.1 Å². The Labute approximate surface area is 220 Å². The van der Waals surface area contributed by atoms with Crippen molar-refractivity contribution in [1.29, 1.82) is 0 Å². The largest absolute Gasteiger partial charge is 0.481 e. The van der Waals surface area contributed by atoms with Gasteiger partial charge in [0.05, 0.1) is 5.56 Å². The molecule has 10 nitrogen and oxygen atoms in total. The minimum Gasteiger partial charge on any atom is -0.481 e. The molecule has 5 N–H and O–H groups in total. The average Bonchev–Trinajstić information content (AvgIpc) is 3.41. The fourth-order valence-electron chi connectivity index (χ4n) is 3.79. The first-order chi connectivity index (χ1) is 18.1. The number of nitrogens with zero attached hydrogens (tertiary/aromatic N) is 2. The van der Waals surface area contributed by atoms with E-state index in [1.165, 1.54) is 18.2 Å². The molecule has 0 atom stereocenters. The highest BCUT2D eigenvalue weighted by Crippen LogP contribution is 2.28. The number of hydrogen-bond donors (Lipinski definition) is 4. The number of likely N-dealkylation sites (tertiary alicyclic amines) is 1. The number of halogens is 1. The Hall–Kier alpha value is -4.25. The maximum atomic E-state index is 14.4. The van der Waals surface area contributed by atoms with Crippen molar-refractivity contribution >= 4 is 17.8 Å². The van der Waals surface area contributed by atoms with E-state index in [1.807, 2.05) is 24.3 Å². The summed E-state index contributed by atoms with van der Waals surface area (Å²) < 4.78 is 20.3. The first-order valence-electron chi connectivity index (χ1n) is 12.0. The smallest absolute Gasteiger partial charge is 0.300 e. The first-order valence-corrected chi connectivity index (χ1v) is 12.0. The van der Waals surface area contributed by atoms with Gasteiger partial charge in [-0.05, 0) is 61.7 Å². The molecular formula is C27H33FN4O6. The number of hydrogen-bond acceptors (Lipinski definition) is 6. The number of rotatable bonds is 6. The van der Waals surface area contributed by atoms with E-state index < -0.39 is 17.8 Å². The van der Waals surface area contributed by atoms with Gasteiger partial charge >= 0.3 is 0 Å². The molecule has 3 aromatic rings. The lowest BCUT2D eigenvalue weighted by atomic mass is 9.95. The molecule has 0 aliphatic carbocycles. The Morgan fingerprint density at radius 1 is 1.05 bits per heavy atom. The number of carbonyl (C=O) groups is 3. The fourth-order valence-corrected chi connectivity index (χ4v) is 3.79. The van der Waals surface area contributed by atoms with Crippen LogP contribution < -0.4 is 10.5 Å². The van der Waals surface area contributed by atoms with Crippen LogP contribution in [0.2, 0.25) is 0 Å². The van der Waals surface area contributed by atoms with Gasteiger partial charge in [0.1, 0.15) is 23.1 Å². The van der Waals surface area contributed by atoms with Crippen molar-refractivity contribution in [1.82, 2.24) is 14.9 Å². The average molecular weight is 529 g/mol. The van der Waals surface area contributed by atoms with Crippen LogP contribution in [0.25, 0.3) is 0 Å². The topological polar surface area (TPSA) is 159 Å². The summed E-state index contributed by atoms with van der Waals surface area (Å²) in [6.45, 7) is 3.89. The zero-order valence-electron chi connectivity index (χ0n) is 21.4. The van der Waals surface area contributed by atoms with Gasteiger partial charge in [-0.2, -0.15) is 0 Å². The van der Waals surface area contributed by atoms with Gasteiger partial charge < -0.3 is 30.6 Å². The van der Waals surface area contributed by atoms with Crippen LogP contribution in [0.4, 0.5) is 4.39 Å². The van der Waals surface area contributed by atoms with Crippen LogP contribution in [-0.2, 0) is 16.0 Å². The molecule has 0 spiro atoms. The van der Waals surface area contributed by atoms with Crippen molar-refractivity contribution in [3.63, 3.8) is 0 Å². The van der Waals surface area contributed by atoms with E-state index in [4.69, 9.17) is 30.3 Å². The minimum absolute atomic E-state index is 0.0312. The maximum Gasteiger partial charge on any atom is 0.300 e. The summed E-state index contributed by atoms with van der Waals surface area (Å²) in [5, 5.41) is 14.8. The standard InChI is InChI=1S/C23H25FN4O2.2C2H4O2/c24-21-6-5-19(30-18-3-1-16(2-4-18)7-10-25)15-20(21)23(29)28-13-8-17(9-14-28)22-26-11-12-27-22;2*1-2(3)4/h1-6,11-12,15,17H,7-10,13-14,25H2,(H,26,27);2*1H3,(H,3,4). The highest BCUT2D eigenvalue weighted by Gasteiger charge is 2.27. The van der Waals surface area contributed by atoms with Gasteiger partial charge in [0.15, 0.2) is 0 Å². The monoisotopic (exact) mass is 528 g/mol. The summed E-state index contributed by atoms with van der Waals surface area (Å²) >= 11 is 0. The minimum atomic E-state index is -0.833. The second-order valence-electron chi connectivity index (χ2n) is 8.51. The third-order valence-corrected chi connectivity index (χ3v) is 5.45. The van der Waals surface area contributed by atoms with E-state index >= 15 is 0 Å². The van der Waals surface area contributed by atoms with Crippen LogP contribution >= 0.6 is 0 Å². The van der Waals surface area contributed by atoms with E-state index in [1.54, 1.807) is 17.3 Å². The number of piperidine rings is 1. The van der Waals surface area contributed by atoms with Crippen LogP contribution in [0.5, 0.6) is 11.5 Å². The molecule has 4 rings (SSSR count). The Kier molecular flexibility index (Phi) is 11.9. The highest BCUT2D eigenvalue weighted by molar-refractivity contribution is 5.95. The molecule has 204 valence electrons. The van der Waals surface area contributed by atoms with Crippen molar-refractivity contribution in [2.24, 2.45) is 5.73 Å². The van der Waals surface area contributed by atoms with Crippen LogP contribution in [0.15, 0.2) is 54.9 Å². The summed E-state index contributed by atoms with van der Waals surface area (Å²) in [6.07, 6.45) is 5.93. The molecule has 2 aromatic carbocycles. The zero-order chi connectivity index (χ0) is 28.1. The van der Waals surface area contributed by atoms with Gasteiger partial charge in [0, 0.05) is 45.2 Å². The fraction of sp³-hybridized carbons (Fsp3) is 0.333. The van der Waals surface area contributed by atoms with Crippen molar-refractivity contribution in [3.05, 3.63) is 77.6 Å². The Balaban J connectivity index is 0.000000559. The van der Waals surface area contributed by atoms with Crippen molar-refractivity contribution in [2.75, 3.05) is 19.6 Å². The molecular weight excluding hydrogens is 495 g/mol. The number of aliphatic carboxylic acids is 2. The molecule has 11 heteroatoms. The number of imidazole rings is 1. The predicted molar refractivity (Wildman–Crippen MR) is 139 cm³/mol. The summed E-state index contributed by atoms with van der Waals surface area (Å²) in [5.74, 6) is -0.225. The Morgan fingerprint density at radius 3 is 2.16 bits per heavy atom. The van der Waals surface area contributed by atoms with Gasteiger partial charge in [0.25, 0.3) is 17.8 Å². The molecule has 0 saturated carbocycles. The van der Waals surface area contributed by atoms with Crippen molar-refractivity contribution < 1.29 is 33.7 Å². The summed E-state index contributed by atoms with van der Waals surface area (Å²) in [5.41, 5.74) is 6.72. The number of carboxylic acid groups (broad SMARTS) is 2. The van der Waals surface area contributed by atoms with Crippen LogP contribution in [-0.4, -0.2) is 62.6 Å². The van der Waals surface area contributed by atoms with E-state index in [-0.39, 0.29) is 11.5 Å². The quantitative estimate of drug-likeness (QED) is 0.373. The molecule has 1 aliphatic heterocycles. The van der Waals surface area contributed by atoms with Gasteiger partial charge in [-0.1, -0.05) is 12.1 Å². The number of benzene rings is 2. The number of carbonyl (C=O) groups excluding carboxylic acids is 1. The number of nitrogens with one attached hydrogen (secondary N) is 1. The predicted octanol–water partition coefficient (Wildman–Crippen LogP) is 4.04. The SMILES string of the molecule is CC(=O)O.CC(=O)O.NCCc1ccc(Oc2ccc(F)c(C(=O)N3CCC(c4ncc[nH]4)CC3)c2)cc1. The van der Waals surface area contributed by atoms with Crippen molar-refractivity contribution in [2.45, 2.75) is 39.0 Å². The zero-order valence-corrected chi connectivity index (χ0v) is 21.4. The maximum absolute atomic E-state index is 14.4. The normalized spacial score (nSPS) is 12.9. The van der Waals surface area contributed by atoms with Crippen LogP contribution in [0.1, 0.15) is 54.4 Å².